The molecule has 0 bridgehead atoms. The molecule has 4 nitrogen and oxygen atoms in total. The minimum atomic E-state index is -0.785. The Labute approximate surface area is 143 Å². The molecule has 1 aliphatic heterocycles. The Morgan fingerprint density at radius 1 is 1.26 bits per heavy atom. The summed E-state index contributed by atoms with van der Waals surface area (Å²) < 4.78 is 6.23. The highest BCUT2D eigenvalue weighted by Crippen LogP contribution is 2.22. The maximum absolute atomic E-state index is 12.4. The van der Waals surface area contributed by atoms with Crippen molar-refractivity contribution in [3.63, 3.8) is 0 Å². The van der Waals surface area contributed by atoms with Crippen LogP contribution in [-0.2, 0) is 16.0 Å². The summed E-state index contributed by atoms with van der Waals surface area (Å²) >= 11 is 3.42. The molecule has 0 spiro atoms. The number of rotatable bonds is 3. The standard InChI is InChI=1S/C18H16BrNO3/c1-11(12-6-4-7-14(19)9-12)20-17(21)16-10-13-5-2-3-8-15(13)18(22)23-16/h2-9,11,16H,10H2,1H3,(H,20,21). The van der Waals surface area contributed by atoms with Crippen LogP contribution in [0.4, 0.5) is 0 Å². The first-order valence-corrected chi connectivity index (χ1v) is 8.18. The summed E-state index contributed by atoms with van der Waals surface area (Å²) in [6.07, 6.45) is -0.383. The fourth-order valence-electron chi connectivity index (χ4n) is 2.64. The molecule has 2 aromatic carbocycles. The largest absolute Gasteiger partial charge is 0.448 e. The third-order valence-corrected chi connectivity index (χ3v) is 4.39. The van der Waals surface area contributed by atoms with Crippen LogP contribution in [0.2, 0.25) is 0 Å². The molecule has 1 heterocycles. The van der Waals surface area contributed by atoms with Crippen LogP contribution in [0.25, 0.3) is 0 Å². The Kier molecular flexibility index (Phi) is 4.48. The number of carbonyl (C=O) groups excluding carboxylic acids is 2. The summed E-state index contributed by atoms with van der Waals surface area (Å²) in [4.78, 5) is 24.4. The molecule has 0 saturated carbocycles. The number of cyclic esters (lactones) is 1. The highest BCUT2D eigenvalue weighted by Gasteiger charge is 2.31. The van der Waals surface area contributed by atoms with Gasteiger partial charge in [-0.25, -0.2) is 4.79 Å². The second-order valence-electron chi connectivity index (χ2n) is 5.54. The van der Waals surface area contributed by atoms with Gasteiger partial charge in [0.15, 0.2) is 6.10 Å². The minimum Gasteiger partial charge on any atom is -0.448 e. The molecule has 1 N–H and O–H groups in total. The van der Waals surface area contributed by atoms with Crippen LogP contribution in [0.5, 0.6) is 0 Å². The van der Waals surface area contributed by atoms with Gasteiger partial charge in [0.05, 0.1) is 11.6 Å². The summed E-state index contributed by atoms with van der Waals surface area (Å²) in [6.45, 7) is 1.90. The van der Waals surface area contributed by atoms with Gasteiger partial charge in [-0.15, -0.1) is 0 Å². The molecular formula is C18H16BrNO3. The summed E-state index contributed by atoms with van der Waals surface area (Å²) in [6, 6.07) is 14.8. The SMILES string of the molecule is CC(NC(=O)C1Cc2ccccc2C(=O)O1)c1cccc(Br)c1. The Bertz CT molecular complexity index is 759. The molecule has 5 heteroatoms. The van der Waals surface area contributed by atoms with E-state index in [0.29, 0.717) is 12.0 Å². The van der Waals surface area contributed by atoms with E-state index in [0.717, 1.165) is 15.6 Å². The first-order chi connectivity index (χ1) is 11.0. The van der Waals surface area contributed by atoms with E-state index in [2.05, 4.69) is 21.2 Å². The number of esters is 1. The Hall–Kier alpha value is -2.14. The molecule has 1 amide bonds. The number of hydrogen-bond acceptors (Lipinski definition) is 3. The second-order valence-corrected chi connectivity index (χ2v) is 6.46. The molecule has 0 fully saturated rings. The molecule has 2 aromatic rings. The van der Waals surface area contributed by atoms with Gasteiger partial charge in [-0.3, -0.25) is 4.79 Å². The predicted octanol–water partition coefficient (Wildman–Crippen LogP) is 3.41. The molecule has 0 saturated heterocycles. The van der Waals surface area contributed by atoms with Crippen LogP contribution < -0.4 is 5.32 Å². The lowest BCUT2D eigenvalue weighted by Gasteiger charge is -2.25. The summed E-state index contributed by atoms with van der Waals surface area (Å²) in [5, 5.41) is 2.91. The quantitative estimate of drug-likeness (QED) is 0.838. The predicted molar refractivity (Wildman–Crippen MR) is 90.0 cm³/mol. The average molecular weight is 374 g/mol. The van der Waals surface area contributed by atoms with Crippen molar-refractivity contribution >= 4 is 27.8 Å². The van der Waals surface area contributed by atoms with E-state index in [4.69, 9.17) is 4.74 Å². The van der Waals surface area contributed by atoms with Gasteiger partial charge in [-0.2, -0.15) is 0 Å². The number of hydrogen-bond donors (Lipinski definition) is 1. The fourth-order valence-corrected chi connectivity index (χ4v) is 3.06. The Morgan fingerprint density at radius 2 is 2.04 bits per heavy atom. The lowest BCUT2D eigenvalue weighted by atomic mass is 9.98. The van der Waals surface area contributed by atoms with Crippen LogP contribution in [0.3, 0.4) is 0 Å². The number of halogens is 1. The van der Waals surface area contributed by atoms with Crippen molar-refractivity contribution in [1.29, 1.82) is 0 Å². The molecule has 1 aliphatic rings. The zero-order chi connectivity index (χ0) is 16.4. The van der Waals surface area contributed by atoms with E-state index < -0.39 is 12.1 Å². The number of amides is 1. The number of carbonyl (C=O) groups is 2. The monoisotopic (exact) mass is 373 g/mol. The second kappa shape index (κ2) is 6.54. The average Bonchev–Trinajstić information content (AvgIpc) is 2.54. The molecule has 2 atom stereocenters. The normalized spacial score (nSPS) is 17.8. The van der Waals surface area contributed by atoms with E-state index >= 15 is 0 Å². The number of ether oxygens (including phenoxy) is 1. The van der Waals surface area contributed by atoms with Crippen LogP contribution in [0.1, 0.15) is 34.5 Å². The zero-order valence-corrected chi connectivity index (χ0v) is 14.2. The highest BCUT2D eigenvalue weighted by atomic mass is 79.9. The first kappa shape index (κ1) is 15.7. The van der Waals surface area contributed by atoms with Crippen molar-refractivity contribution in [1.82, 2.24) is 5.32 Å². The third-order valence-electron chi connectivity index (χ3n) is 3.89. The van der Waals surface area contributed by atoms with Crippen LogP contribution in [-0.4, -0.2) is 18.0 Å². The molecule has 23 heavy (non-hydrogen) atoms. The van der Waals surface area contributed by atoms with Crippen molar-refractivity contribution in [3.8, 4) is 0 Å². The summed E-state index contributed by atoms with van der Waals surface area (Å²) in [7, 11) is 0. The maximum atomic E-state index is 12.4. The van der Waals surface area contributed by atoms with Gasteiger partial charge < -0.3 is 10.1 Å². The van der Waals surface area contributed by atoms with Gasteiger partial charge in [-0.1, -0.05) is 46.3 Å². The highest BCUT2D eigenvalue weighted by molar-refractivity contribution is 9.10. The molecule has 0 aromatic heterocycles. The number of nitrogens with one attached hydrogen (secondary N) is 1. The smallest absolute Gasteiger partial charge is 0.339 e. The topological polar surface area (TPSA) is 55.4 Å². The van der Waals surface area contributed by atoms with Crippen LogP contribution >= 0.6 is 15.9 Å². The van der Waals surface area contributed by atoms with Crippen molar-refractivity contribution in [2.45, 2.75) is 25.5 Å². The lowest BCUT2D eigenvalue weighted by Crippen LogP contribution is -2.42. The van der Waals surface area contributed by atoms with Crippen molar-refractivity contribution in [3.05, 3.63) is 69.7 Å². The van der Waals surface area contributed by atoms with Crippen molar-refractivity contribution < 1.29 is 14.3 Å². The molecular weight excluding hydrogens is 358 g/mol. The van der Waals surface area contributed by atoms with Crippen LogP contribution in [0, 0.1) is 0 Å². The van der Waals surface area contributed by atoms with Crippen molar-refractivity contribution in [2.75, 3.05) is 0 Å². The van der Waals surface area contributed by atoms with Gasteiger partial charge >= 0.3 is 5.97 Å². The van der Waals surface area contributed by atoms with Gasteiger partial charge in [0, 0.05) is 10.9 Å². The van der Waals surface area contributed by atoms with Gasteiger partial charge in [0.2, 0.25) is 0 Å². The molecule has 118 valence electrons. The van der Waals surface area contributed by atoms with Gasteiger partial charge in [0.1, 0.15) is 0 Å². The van der Waals surface area contributed by atoms with E-state index in [-0.39, 0.29) is 11.9 Å². The third kappa shape index (κ3) is 3.45. The summed E-state index contributed by atoms with van der Waals surface area (Å²) in [5.74, 6) is -0.720. The van der Waals surface area contributed by atoms with Gasteiger partial charge in [0.25, 0.3) is 5.91 Å². The maximum Gasteiger partial charge on any atom is 0.339 e. The van der Waals surface area contributed by atoms with E-state index in [1.165, 1.54) is 0 Å². The minimum absolute atomic E-state index is 0.170. The summed E-state index contributed by atoms with van der Waals surface area (Å²) in [5.41, 5.74) is 2.37. The van der Waals surface area contributed by atoms with Gasteiger partial charge in [-0.05, 0) is 36.2 Å². The molecule has 2 unspecified atom stereocenters. The van der Waals surface area contributed by atoms with E-state index in [1.54, 1.807) is 12.1 Å². The van der Waals surface area contributed by atoms with E-state index in [9.17, 15) is 9.59 Å². The van der Waals surface area contributed by atoms with Crippen molar-refractivity contribution in [2.24, 2.45) is 0 Å². The Morgan fingerprint density at radius 3 is 2.83 bits per heavy atom. The Balaban J connectivity index is 1.71. The van der Waals surface area contributed by atoms with Crippen LogP contribution in [0.15, 0.2) is 53.0 Å². The number of benzene rings is 2. The molecule has 0 radical (unpaired) electrons. The first-order valence-electron chi connectivity index (χ1n) is 7.39. The zero-order valence-electron chi connectivity index (χ0n) is 12.6. The number of fused-ring (bicyclic) bond motifs is 1. The molecule has 3 rings (SSSR count). The fraction of sp³-hybridized carbons (Fsp3) is 0.222. The lowest BCUT2D eigenvalue weighted by molar-refractivity contribution is -0.131. The molecule has 0 aliphatic carbocycles. The van der Waals surface area contributed by atoms with E-state index in [1.807, 2.05) is 43.3 Å².